The largest absolute Gasteiger partial charge is 0.269 e. The monoisotopic (exact) mass is 313 g/mol. The number of nitrogens with zero attached hydrogens (tertiary/aromatic N) is 3. The molecule has 3 aromatic heterocycles. The molecule has 0 atom stereocenters. The van der Waals surface area contributed by atoms with Gasteiger partial charge in [-0.2, -0.15) is 0 Å². The van der Waals surface area contributed by atoms with Crippen LogP contribution in [0, 0.1) is 0 Å². The molecule has 0 aliphatic heterocycles. The number of thiazole rings is 2. The van der Waals surface area contributed by atoms with Crippen LogP contribution < -0.4 is 5.56 Å². The van der Waals surface area contributed by atoms with Crippen molar-refractivity contribution in [1.82, 2.24) is 14.4 Å². The van der Waals surface area contributed by atoms with E-state index in [1.165, 1.54) is 11.3 Å². The Morgan fingerprint density at radius 3 is 2.90 bits per heavy atom. The van der Waals surface area contributed by atoms with Gasteiger partial charge in [0, 0.05) is 17.1 Å². The van der Waals surface area contributed by atoms with Gasteiger partial charge in [0.2, 0.25) is 0 Å². The molecule has 0 fully saturated rings. The first-order valence-corrected chi connectivity index (χ1v) is 8.32. The standard InChI is InChI=1S/C15H11N3OS2/c1-2-9-12(17-15-18(14(9)19)7-8-20-15)13-16-10-5-3-4-6-11(10)21-13/h3-8H,2H2,1H3. The molecule has 0 amide bonds. The van der Waals surface area contributed by atoms with Crippen LogP contribution in [-0.2, 0) is 6.42 Å². The third kappa shape index (κ3) is 1.91. The number of fused-ring (bicyclic) bond motifs is 2. The van der Waals surface area contributed by atoms with Crippen LogP contribution in [-0.4, -0.2) is 14.4 Å². The van der Waals surface area contributed by atoms with Crippen molar-refractivity contribution >= 4 is 37.9 Å². The lowest BCUT2D eigenvalue weighted by atomic mass is 10.2. The highest BCUT2D eigenvalue weighted by atomic mass is 32.1. The molecule has 6 heteroatoms. The number of aromatic nitrogens is 3. The average molecular weight is 313 g/mol. The minimum Gasteiger partial charge on any atom is -0.269 e. The van der Waals surface area contributed by atoms with E-state index in [9.17, 15) is 4.79 Å². The van der Waals surface area contributed by atoms with Gasteiger partial charge in [-0.05, 0) is 18.6 Å². The van der Waals surface area contributed by atoms with Gasteiger partial charge in [-0.25, -0.2) is 9.97 Å². The maximum absolute atomic E-state index is 12.5. The van der Waals surface area contributed by atoms with Crippen LogP contribution in [0.5, 0.6) is 0 Å². The molecule has 0 saturated heterocycles. The number of hydrogen-bond donors (Lipinski definition) is 0. The Morgan fingerprint density at radius 2 is 2.10 bits per heavy atom. The maximum Gasteiger partial charge on any atom is 0.262 e. The molecule has 0 unspecified atom stereocenters. The van der Waals surface area contributed by atoms with Crippen LogP contribution in [0.4, 0.5) is 0 Å². The lowest BCUT2D eigenvalue weighted by Gasteiger charge is -2.04. The Hall–Kier alpha value is -2.05. The maximum atomic E-state index is 12.5. The second kappa shape index (κ2) is 4.75. The summed E-state index contributed by atoms with van der Waals surface area (Å²) in [5.41, 5.74) is 2.42. The predicted octanol–water partition coefficient (Wildman–Crippen LogP) is 3.60. The molecule has 4 rings (SSSR count). The zero-order valence-corrected chi connectivity index (χ0v) is 12.9. The summed E-state index contributed by atoms with van der Waals surface area (Å²) in [6, 6.07) is 7.99. The normalized spacial score (nSPS) is 11.5. The second-order valence-electron chi connectivity index (χ2n) is 4.64. The highest BCUT2D eigenvalue weighted by Crippen LogP contribution is 2.30. The summed E-state index contributed by atoms with van der Waals surface area (Å²) in [6.45, 7) is 1.98. The van der Waals surface area contributed by atoms with Crippen LogP contribution in [0.1, 0.15) is 12.5 Å². The van der Waals surface area contributed by atoms with Crippen molar-refractivity contribution in [3.63, 3.8) is 0 Å². The Kier molecular flexibility index (Phi) is 2.87. The van der Waals surface area contributed by atoms with Crippen molar-refractivity contribution in [2.45, 2.75) is 13.3 Å². The van der Waals surface area contributed by atoms with Crippen LogP contribution in [0.25, 0.3) is 25.9 Å². The molecular formula is C15H11N3OS2. The van der Waals surface area contributed by atoms with Gasteiger partial charge in [0.25, 0.3) is 5.56 Å². The van der Waals surface area contributed by atoms with Crippen molar-refractivity contribution < 1.29 is 0 Å². The van der Waals surface area contributed by atoms with E-state index in [0.29, 0.717) is 11.4 Å². The van der Waals surface area contributed by atoms with Gasteiger partial charge in [0.15, 0.2) is 4.96 Å². The minimum absolute atomic E-state index is 0.0120. The van der Waals surface area contributed by atoms with Gasteiger partial charge in [-0.15, -0.1) is 22.7 Å². The van der Waals surface area contributed by atoms with Crippen molar-refractivity contribution in [3.8, 4) is 10.7 Å². The topological polar surface area (TPSA) is 47.3 Å². The minimum atomic E-state index is 0.0120. The summed E-state index contributed by atoms with van der Waals surface area (Å²) < 4.78 is 2.73. The number of benzene rings is 1. The van der Waals surface area contributed by atoms with E-state index < -0.39 is 0 Å². The first kappa shape index (κ1) is 12.7. The summed E-state index contributed by atoms with van der Waals surface area (Å²) >= 11 is 3.05. The van der Waals surface area contributed by atoms with Gasteiger partial charge in [0.1, 0.15) is 10.7 Å². The number of hydrogen-bond acceptors (Lipinski definition) is 5. The zero-order valence-electron chi connectivity index (χ0n) is 11.2. The average Bonchev–Trinajstić information content (AvgIpc) is 3.13. The Balaban J connectivity index is 2.06. The van der Waals surface area contributed by atoms with Gasteiger partial charge in [-0.3, -0.25) is 9.20 Å². The van der Waals surface area contributed by atoms with Crippen LogP contribution in [0.15, 0.2) is 40.6 Å². The highest BCUT2D eigenvalue weighted by Gasteiger charge is 2.16. The molecule has 4 nitrogen and oxygen atoms in total. The number of para-hydroxylation sites is 1. The summed E-state index contributed by atoms with van der Waals surface area (Å²) in [6.07, 6.45) is 2.42. The van der Waals surface area contributed by atoms with Crippen LogP contribution in [0.3, 0.4) is 0 Å². The Bertz CT molecular complexity index is 980. The Morgan fingerprint density at radius 1 is 1.24 bits per heavy atom. The molecule has 0 radical (unpaired) electrons. The van der Waals surface area contributed by atoms with E-state index in [-0.39, 0.29) is 5.56 Å². The van der Waals surface area contributed by atoms with Gasteiger partial charge in [-0.1, -0.05) is 19.1 Å². The van der Waals surface area contributed by atoms with Crippen molar-refractivity contribution in [2.24, 2.45) is 0 Å². The molecular weight excluding hydrogens is 302 g/mol. The summed E-state index contributed by atoms with van der Waals surface area (Å²) in [4.78, 5) is 22.5. The predicted molar refractivity (Wildman–Crippen MR) is 87.3 cm³/mol. The fourth-order valence-electron chi connectivity index (χ4n) is 2.39. The number of rotatable bonds is 2. The summed E-state index contributed by atoms with van der Waals surface area (Å²) in [7, 11) is 0. The zero-order chi connectivity index (χ0) is 14.4. The van der Waals surface area contributed by atoms with Crippen LogP contribution in [0.2, 0.25) is 0 Å². The molecule has 0 aliphatic carbocycles. The van der Waals surface area contributed by atoms with E-state index in [2.05, 4.69) is 9.97 Å². The lowest BCUT2D eigenvalue weighted by molar-refractivity contribution is 0.988. The fourth-order valence-corrected chi connectivity index (χ4v) is 4.07. The van der Waals surface area contributed by atoms with E-state index >= 15 is 0 Å². The molecule has 3 heterocycles. The summed E-state index contributed by atoms with van der Waals surface area (Å²) in [5.74, 6) is 0. The van der Waals surface area contributed by atoms with Gasteiger partial charge < -0.3 is 0 Å². The van der Waals surface area contributed by atoms with Crippen molar-refractivity contribution in [1.29, 1.82) is 0 Å². The SMILES string of the molecule is CCc1c(-c2nc3ccccc3s2)nc2sccn2c1=O. The second-order valence-corrected chi connectivity index (χ2v) is 6.54. The van der Waals surface area contributed by atoms with Gasteiger partial charge >= 0.3 is 0 Å². The lowest BCUT2D eigenvalue weighted by Crippen LogP contribution is -2.19. The third-order valence-corrected chi connectivity index (χ3v) is 5.21. The van der Waals surface area contributed by atoms with Crippen LogP contribution >= 0.6 is 22.7 Å². The molecule has 0 saturated carbocycles. The summed E-state index contributed by atoms with van der Waals surface area (Å²) in [5, 5.41) is 2.70. The van der Waals surface area contributed by atoms with E-state index in [4.69, 9.17) is 0 Å². The highest BCUT2D eigenvalue weighted by molar-refractivity contribution is 7.21. The molecule has 4 aromatic rings. The fraction of sp³-hybridized carbons (Fsp3) is 0.133. The molecule has 0 spiro atoms. The molecule has 0 bridgehead atoms. The quantitative estimate of drug-likeness (QED) is 0.568. The first-order valence-electron chi connectivity index (χ1n) is 6.62. The van der Waals surface area contributed by atoms with Gasteiger partial charge in [0.05, 0.1) is 10.2 Å². The van der Waals surface area contributed by atoms with E-state index in [1.807, 2.05) is 36.6 Å². The molecule has 21 heavy (non-hydrogen) atoms. The van der Waals surface area contributed by atoms with Crippen molar-refractivity contribution in [2.75, 3.05) is 0 Å². The van der Waals surface area contributed by atoms with E-state index in [0.717, 1.165) is 26.5 Å². The molecule has 1 aromatic carbocycles. The van der Waals surface area contributed by atoms with Crippen molar-refractivity contribution in [3.05, 3.63) is 51.8 Å². The third-order valence-electron chi connectivity index (χ3n) is 3.41. The first-order chi connectivity index (χ1) is 10.3. The molecule has 104 valence electrons. The molecule has 0 aliphatic rings. The smallest absolute Gasteiger partial charge is 0.262 e. The Labute approximate surface area is 128 Å². The molecule has 0 N–H and O–H groups in total. The van der Waals surface area contributed by atoms with E-state index in [1.54, 1.807) is 21.9 Å².